The number of hydrogen-bond donors (Lipinski definition) is 1. The summed E-state index contributed by atoms with van der Waals surface area (Å²) in [6.07, 6.45) is -0.0565. The molecular formula is C13H14FN3O3. The Hall–Kier alpha value is -2.44. The van der Waals surface area contributed by atoms with E-state index < -0.39 is 0 Å². The molecule has 1 amide bonds. The van der Waals surface area contributed by atoms with Gasteiger partial charge >= 0.3 is 6.08 Å². The third-order valence-electron chi connectivity index (χ3n) is 2.56. The molecule has 7 heteroatoms. The highest BCUT2D eigenvalue weighted by Crippen LogP contribution is 2.09. The van der Waals surface area contributed by atoms with Crippen LogP contribution in [0.25, 0.3) is 0 Å². The van der Waals surface area contributed by atoms with Crippen LogP contribution >= 0.6 is 0 Å². The molecule has 0 bridgehead atoms. The minimum absolute atomic E-state index is 0.0565. The summed E-state index contributed by atoms with van der Waals surface area (Å²) in [4.78, 5) is 15.3. The maximum absolute atomic E-state index is 13.3. The van der Waals surface area contributed by atoms with E-state index in [0.717, 1.165) is 0 Å². The highest BCUT2D eigenvalue weighted by molar-refractivity contribution is 5.77. The Kier molecular flexibility index (Phi) is 4.29. The van der Waals surface area contributed by atoms with Crippen LogP contribution in [0.4, 0.5) is 4.39 Å². The summed E-state index contributed by atoms with van der Waals surface area (Å²) in [6, 6.07) is 4.80. The molecule has 0 spiro atoms. The molecule has 0 aliphatic heterocycles. The van der Waals surface area contributed by atoms with Crippen molar-refractivity contribution in [2.45, 2.75) is 20.4 Å². The van der Waals surface area contributed by atoms with Crippen molar-refractivity contribution in [3.05, 3.63) is 41.0 Å². The van der Waals surface area contributed by atoms with E-state index in [1.165, 1.54) is 6.07 Å². The topological polar surface area (TPSA) is 77.2 Å². The number of rotatable bonds is 5. The average Bonchev–Trinajstić information content (AvgIpc) is 2.83. The minimum atomic E-state index is -0.359. The molecule has 0 aliphatic rings. The van der Waals surface area contributed by atoms with Crippen LogP contribution in [0, 0.1) is 19.7 Å². The van der Waals surface area contributed by atoms with Crippen molar-refractivity contribution in [2.75, 3.05) is 6.61 Å². The van der Waals surface area contributed by atoms with E-state index in [4.69, 9.17) is 9.26 Å². The molecule has 2 rings (SSSR count). The molecule has 0 unspecified atom stereocenters. The van der Waals surface area contributed by atoms with Gasteiger partial charge in [0.1, 0.15) is 5.82 Å². The molecule has 0 radical (unpaired) electrons. The van der Waals surface area contributed by atoms with Gasteiger partial charge in [0.25, 0.3) is 5.91 Å². The van der Waals surface area contributed by atoms with Crippen LogP contribution in [0.2, 0.25) is 0 Å². The van der Waals surface area contributed by atoms with Crippen molar-refractivity contribution in [1.82, 2.24) is 15.5 Å². The molecule has 20 heavy (non-hydrogen) atoms. The largest absolute Gasteiger partial charge is 0.439 e. The number of amides is 1. The number of aryl methyl sites for hydroxylation is 2. The summed E-state index contributed by atoms with van der Waals surface area (Å²) in [5, 5.41) is 6.12. The summed E-state index contributed by atoms with van der Waals surface area (Å²) < 4.78 is 23.0. The second kappa shape index (κ2) is 6.14. The van der Waals surface area contributed by atoms with Crippen molar-refractivity contribution in [1.29, 1.82) is 0 Å². The zero-order chi connectivity index (χ0) is 14.5. The van der Waals surface area contributed by atoms with Gasteiger partial charge < -0.3 is 10.1 Å². The third kappa shape index (κ3) is 3.78. The fraction of sp³-hybridized carbons (Fsp3) is 0.308. The predicted octanol–water partition coefficient (Wildman–Crippen LogP) is 1.52. The number of halogens is 1. The van der Waals surface area contributed by atoms with E-state index in [2.05, 4.69) is 15.5 Å². The van der Waals surface area contributed by atoms with Crippen molar-refractivity contribution < 1.29 is 18.4 Å². The molecule has 106 valence electrons. The molecule has 0 fully saturated rings. The minimum Gasteiger partial charge on any atom is -0.439 e. The van der Waals surface area contributed by atoms with Gasteiger partial charge in [0.15, 0.2) is 12.4 Å². The standard InChI is InChI=1S/C13H14FN3O3/c1-8-3-4-10(5-11(8)14)6-15-12(18)7-19-13-16-9(2)17-20-13/h3-5H,6-7H2,1-2H3,(H,15,18). The van der Waals surface area contributed by atoms with Crippen LogP contribution in [0.15, 0.2) is 22.7 Å². The van der Waals surface area contributed by atoms with Crippen LogP contribution < -0.4 is 10.1 Å². The Bertz CT molecular complexity index is 613. The molecule has 1 N–H and O–H groups in total. The summed E-state index contributed by atoms with van der Waals surface area (Å²) in [6.45, 7) is 3.30. The van der Waals surface area contributed by atoms with Crippen LogP contribution in [0.3, 0.4) is 0 Å². The molecule has 2 aromatic rings. The summed E-state index contributed by atoms with van der Waals surface area (Å²) >= 11 is 0. The first kappa shape index (κ1) is 14.0. The lowest BCUT2D eigenvalue weighted by molar-refractivity contribution is -0.123. The number of nitrogens with one attached hydrogen (secondary N) is 1. The zero-order valence-electron chi connectivity index (χ0n) is 11.1. The number of carbonyl (C=O) groups excluding carboxylic acids is 1. The van der Waals surface area contributed by atoms with Gasteiger partial charge in [0.2, 0.25) is 0 Å². The Balaban J connectivity index is 1.78. The molecule has 6 nitrogen and oxygen atoms in total. The van der Waals surface area contributed by atoms with E-state index in [9.17, 15) is 9.18 Å². The van der Waals surface area contributed by atoms with Crippen LogP contribution in [-0.4, -0.2) is 22.7 Å². The SMILES string of the molecule is Cc1noc(OCC(=O)NCc2ccc(C)c(F)c2)n1. The number of benzene rings is 1. The Morgan fingerprint density at radius 2 is 2.25 bits per heavy atom. The van der Waals surface area contributed by atoms with Gasteiger partial charge in [-0.1, -0.05) is 17.3 Å². The highest BCUT2D eigenvalue weighted by atomic mass is 19.1. The monoisotopic (exact) mass is 279 g/mol. The molecule has 1 aromatic carbocycles. The number of nitrogens with zero attached hydrogens (tertiary/aromatic N) is 2. The molecule has 1 heterocycles. The lowest BCUT2D eigenvalue weighted by Gasteiger charge is -2.06. The normalized spacial score (nSPS) is 10.3. The number of aromatic nitrogens is 2. The Morgan fingerprint density at radius 3 is 2.90 bits per heavy atom. The van der Waals surface area contributed by atoms with Gasteiger partial charge in [0.05, 0.1) is 0 Å². The summed E-state index contributed by atoms with van der Waals surface area (Å²) in [5.41, 5.74) is 1.24. The fourth-order valence-electron chi connectivity index (χ4n) is 1.46. The molecule has 0 saturated carbocycles. The molecule has 0 saturated heterocycles. The molecule has 0 aliphatic carbocycles. The first-order valence-electron chi connectivity index (χ1n) is 5.99. The maximum atomic E-state index is 13.3. The van der Waals surface area contributed by atoms with Gasteiger partial charge in [-0.25, -0.2) is 4.39 Å². The van der Waals surface area contributed by atoms with Crippen molar-refractivity contribution in [3.8, 4) is 6.08 Å². The first-order chi connectivity index (χ1) is 9.54. The van der Waals surface area contributed by atoms with E-state index in [-0.39, 0.29) is 31.0 Å². The molecule has 0 atom stereocenters. The molecule has 1 aromatic heterocycles. The van der Waals surface area contributed by atoms with E-state index in [1.54, 1.807) is 26.0 Å². The average molecular weight is 279 g/mol. The Labute approximate surface area is 114 Å². The van der Waals surface area contributed by atoms with Gasteiger partial charge in [-0.2, -0.15) is 4.98 Å². The first-order valence-corrected chi connectivity index (χ1v) is 5.99. The van der Waals surface area contributed by atoms with Gasteiger partial charge in [-0.15, -0.1) is 0 Å². The Morgan fingerprint density at radius 1 is 1.45 bits per heavy atom. The smallest absolute Gasteiger partial charge is 0.417 e. The zero-order valence-corrected chi connectivity index (χ0v) is 11.1. The number of carbonyl (C=O) groups is 1. The van der Waals surface area contributed by atoms with E-state index >= 15 is 0 Å². The maximum Gasteiger partial charge on any atom is 0.417 e. The fourth-order valence-corrected chi connectivity index (χ4v) is 1.46. The van der Waals surface area contributed by atoms with Crippen molar-refractivity contribution in [3.63, 3.8) is 0 Å². The second-order valence-corrected chi connectivity index (χ2v) is 4.26. The second-order valence-electron chi connectivity index (χ2n) is 4.26. The van der Waals surface area contributed by atoms with Crippen LogP contribution in [0.5, 0.6) is 6.08 Å². The molecular weight excluding hydrogens is 265 g/mol. The van der Waals surface area contributed by atoms with Gasteiger partial charge in [0, 0.05) is 6.54 Å². The van der Waals surface area contributed by atoms with Crippen LogP contribution in [0.1, 0.15) is 17.0 Å². The number of ether oxygens (including phenoxy) is 1. The lowest BCUT2D eigenvalue weighted by atomic mass is 10.1. The lowest BCUT2D eigenvalue weighted by Crippen LogP contribution is -2.28. The quantitative estimate of drug-likeness (QED) is 0.898. The highest BCUT2D eigenvalue weighted by Gasteiger charge is 2.08. The third-order valence-corrected chi connectivity index (χ3v) is 2.56. The van der Waals surface area contributed by atoms with Crippen molar-refractivity contribution >= 4 is 5.91 Å². The van der Waals surface area contributed by atoms with Crippen molar-refractivity contribution in [2.24, 2.45) is 0 Å². The van der Waals surface area contributed by atoms with Gasteiger partial charge in [-0.3, -0.25) is 9.32 Å². The summed E-state index contributed by atoms with van der Waals surface area (Å²) in [5.74, 6) is -0.230. The van der Waals surface area contributed by atoms with Crippen LogP contribution in [-0.2, 0) is 11.3 Å². The number of hydrogen-bond acceptors (Lipinski definition) is 5. The predicted molar refractivity (Wildman–Crippen MR) is 67.5 cm³/mol. The summed E-state index contributed by atoms with van der Waals surface area (Å²) in [7, 11) is 0. The van der Waals surface area contributed by atoms with Gasteiger partial charge in [-0.05, 0) is 31.0 Å². The van der Waals surface area contributed by atoms with E-state index in [1.807, 2.05) is 0 Å². The van der Waals surface area contributed by atoms with E-state index in [0.29, 0.717) is 17.0 Å².